The highest BCUT2D eigenvalue weighted by Crippen LogP contribution is 2.18. The average molecular weight is 265 g/mol. The molecular weight excluding hydrogens is 248 g/mol. The molecule has 0 bridgehead atoms. The van der Waals surface area contributed by atoms with Crippen molar-refractivity contribution in [3.05, 3.63) is 53.3 Å². The molecule has 0 amide bonds. The first-order chi connectivity index (χ1) is 9.16. The number of aromatic nitrogens is 2. The van der Waals surface area contributed by atoms with Gasteiger partial charge in [-0.25, -0.2) is 8.78 Å². The summed E-state index contributed by atoms with van der Waals surface area (Å²) in [6, 6.07) is 8.40. The number of halogens is 2. The third kappa shape index (κ3) is 3.86. The lowest BCUT2D eigenvalue weighted by atomic mass is 10.1. The summed E-state index contributed by atoms with van der Waals surface area (Å²) >= 11 is 0. The van der Waals surface area contributed by atoms with Gasteiger partial charge in [0.2, 0.25) is 0 Å². The van der Waals surface area contributed by atoms with Gasteiger partial charge in [-0.15, -0.1) is 0 Å². The number of hydrogen-bond acceptors (Lipinski definition) is 2. The molecule has 0 radical (unpaired) electrons. The normalized spacial score (nSPS) is 11.2. The molecule has 0 aliphatic heterocycles. The number of benzene rings is 1. The summed E-state index contributed by atoms with van der Waals surface area (Å²) in [5, 5.41) is 7.38. The second-order valence-corrected chi connectivity index (χ2v) is 4.42. The van der Waals surface area contributed by atoms with Crippen molar-refractivity contribution < 1.29 is 8.78 Å². The lowest BCUT2D eigenvalue weighted by molar-refractivity contribution is 0.151. The van der Waals surface area contributed by atoms with Gasteiger partial charge in [-0.05, 0) is 11.6 Å². The standard InChI is InChI=1S/C14H17F2N3/c1-19-13(7-9-18-19)6-8-17-10-11-2-4-12(5-3-11)14(15)16/h2-5,7,9,14,17H,6,8,10H2,1H3. The third-order valence-electron chi connectivity index (χ3n) is 3.04. The number of alkyl halides is 2. The first-order valence-corrected chi connectivity index (χ1v) is 6.21. The van der Waals surface area contributed by atoms with Crippen LogP contribution in [0.3, 0.4) is 0 Å². The summed E-state index contributed by atoms with van der Waals surface area (Å²) in [5.74, 6) is 0. The molecule has 1 aromatic heterocycles. The molecule has 0 aliphatic rings. The van der Waals surface area contributed by atoms with E-state index < -0.39 is 6.43 Å². The van der Waals surface area contributed by atoms with Crippen LogP contribution in [0.1, 0.15) is 23.2 Å². The predicted octanol–water partition coefficient (Wildman–Crippen LogP) is 2.69. The maximum atomic E-state index is 12.4. The van der Waals surface area contributed by atoms with Crippen molar-refractivity contribution in [3.63, 3.8) is 0 Å². The number of nitrogens with zero attached hydrogens (tertiary/aromatic N) is 2. The Labute approximate surface area is 111 Å². The number of aryl methyl sites for hydroxylation is 1. The van der Waals surface area contributed by atoms with Crippen LogP contribution < -0.4 is 5.32 Å². The van der Waals surface area contributed by atoms with E-state index in [-0.39, 0.29) is 5.56 Å². The van der Waals surface area contributed by atoms with E-state index in [2.05, 4.69) is 10.4 Å². The fourth-order valence-electron chi connectivity index (χ4n) is 1.88. The van der Waals surface area contributed by atoms with Crippen LogP contribution in [-0.4, -0.2) is 16.3 Å². The minimum Gasteiger partial charge on any atom is -0.312 e. The van der Waals surface area contributed by atoms with E-state index in [1.165, 1.54) is 17.8 Å². The molecule has 2 aromatic rings. The Morgan fingerprint density at radius 1 is 1.21 bits per heavy atom. The summed E-state index contributed by atoms with van der Waals surface area (Å²) < 4.78 is 26.6. The van der Waals surface area contributed by atoms with E-state index in [0.29, 0.717) is 6.54 Å². The molecule has 1 heterocycles. The zero-order valence-corrected chi connectivity index (χ0v) is 10.8. The van der Waals surface area contributed by atoms with Crippen molar-refractivity contribution in [3.8, 4) is 0 Å². The summed E-state index contributed by atoms with van der Waals surface area (Å²) in [6.07, 6.45) is 0.274. The Kier molecular flexibility index (Phi) is 4.63. The van der Waals surface area contributed by atoms with Gasteiger partial charge in [0.25, 0.3) is 6.43 Å². The first kappa shape index (κ1) is 13.7. The number of nitrogens with one attached hydrogen (secondary N) is 1. The maximum absolute atomic E-state index is 12.4. The van der Waals surface area contributed by atoms with E-state index in [0.717, 1.165) is 18.5 Å². The van der Waals surface area contributed by atoms with Crippen LogP contribution >= 0.6 is 0 Å². The quantitative estimate of drug-likeness (QED) is 0.814. The van der Waals surface area contributed by atoms with Gasteiger partial charge in [0.1, 0.15) is 0 Å². The lowest BCUT2D eigenvalue weighted by Crippen LogP contribution is -2.17. The highest BCUT2D eigenvalue weighted by Gasteiger charge is 2.05. The minimum absolute atomic E-state index is 0.0682. The first-order valence-electron chi connectivity index (χ1n) is 6.21. The second-order valence-electron chi connectivity index (χ2n) is 4.42. The molecule has 5 heteroatoms. The van der Waals surface area contributed by atoms with Crippen molar-refractivity contribution >= 4 is 0 Å². The van der Waals surface area contributed by atoms with Crippen LogP contribution in [0.2, 0.25) is 0 Å². The van der Waals surface area contributed by atoms with Gasteiger partial charge in [-0.1, -0.05) is 24.3 Å². The Morgan fingerprint density at radius 2 is 1.95 bits per heavy atom. The molecule has 1 N–H and O–H groups in total. The molecule has 3 nitrogen and oxygen atoms in total. The van der Waals surface area contributed by atoms with Gasteiger partial charge in [0, 0.05) is 44.0 Å². The Balaban J connectivity index is 1.75. The van der Waals surface area contributed by atoms with Crippen molar-refractivity contribution in [1.29, 1.82) is 0 Å². The molecule has 2 rings (SSSR count). The van der Waals surface area contributed by atoms with E-state index >= 15 is 0 Å². The van der Waals surface area contributed by atoms with Gasteiger partial charge in [0.05, 0.1) is 0 Å². The van der Waals surface area contributed by atoms with Gasteiger partial charge < -0.3 is 5.32 Å². The molecule has 0 saturated heterocycles. The van der Waals surface area contributed by atoms with Crippen molar-refractivity contribution in [2.45, 2.75) is 19.4 Å². The molecule has 0 saturated carbocycles. The molecule has 19 heavy (non-hydrogen) atoms. The summed E-state index contributed by atoms with van der Waals surface area (Å²) in [7, 11) is 1.92. The zero-order valence-electron chi connectivity index (χ0n) is 10.8. The SMILES string of the molecule is Cn1nccc1CCNCc1ccc(C(F)F)cc1. The van der Waals surface area contributed by atoms with Crippen LogP contribution in [0.25, 0.3) is 0 Å². The van der Waals surface area contributed by atoms with E-state index in [9.17, 15) is 8.78 Å². The molecular formula is C14H17F2N3. The zero-order chi connectivity index (χ0) is 13.7. The molecule has 0 spiro atoms. The van der Waals surface area contributed by atoms with Crippen molar-refractivity contribution in [1.82, 2.24) is 15.1 Å². The van der Waals surface area contributed by atoms with Crippen LogP contribution in [0, 0.1) is 0 Å². The van der Waals surface area contributed by atoms with E-state index in [1.807, 2.05) is 17.8 Å². The van der Waals surface area contributed by atoms with Gasteiger partial charge >= 0.3 is 0 Å². The molecule has 0 aliphatic carbocycles. The fourth-order valence-corrected chi connectivity index (χ4v) is 1.88. The van der Waals surface area contributed by atoms with E-state index in [4.69, 9.17) is 0 Å². The molecule has 102 valence electrons. The Morgan fingerprint density at radius 3 is 2.53 bits per heavy atom. The van der Waals surface area contributed by atoms with Crippen LogP contribution in [-0.2, 0) is 20.0 Å². The van der Waals surface area contributed by atoms with Crippen LogP contribution in [0.4, 0.5) is 8.78 Å². The highest BCUT2D eigenvalue weighted by atomic mass is 19.3. The fraction of sp³-hybridized carbons (Fsp3) is 0.357. The number of hydrogen-bond donors (Lipinski definition) is 1. The Bertz CT molecular complexity index is 506. The monoisotopic (exact) mass is 265 g/mol. The van der Waals surface area contributed by atoms with Crippen LogP contribution in [0.5, 0.6) is 0 Å². The second kappa shape index (κ2) is 6.43. The van der Waals surface area contributed by atoms with E-state index in [1.54, 1.807) is 18.3 Å². The largest absolute Gasteiger partial charge is 0.312 e. The average Bonchev–Trinajstić information content (AvgIpc) is 2.81. The lowest BCUT2D eigenvalue weighted by Gasteiger charge is -2.06. The topological polar surface area (TPSA) is 29.9 Å². The Hall–Kier alpha value is -1.75. The third-order valence-corrected chi connectivity index (χ3v) is 3.04. The van der Waals surface area contributed by atoms with Crippen molar-refractivity contribution in [2.24, 2.45) is 7.05 Å². The minimum atomic E-state index is -2.40. The summed E-state index contributed by atoms with van der Waals surface area (Å²) in [6.45, 7) is 1.51. The predicted molar refractivity (Wildman–Crippen MR) is 70.0 cm³/mol. The molecule has 0 atom stereocenters. The van der Waals surface area contributed by atoms with Crippen molar-refractivity contribution in [2.75, 3.05) is 6.54 Å². The smallest absolute Gasteiger partial charge is 0.263 e. The van der Waals surface area contributed by atoms with Gasteiger partial charge in [-0.2, -0.15) is 5.10 Å². The van der Waals surface area contributed by atoms with Gasteiger partial charge in [-0.3, -0.25) is 4.68 Å². The summed E-state index contributed by atoms with van der Waals surface area (Å²) in [5.41, 5.74) is 2.24. The summed E-state index contributed by atoms with van der Waals surface area (Å²) in [4.78, 5) is 0. The molecule has 0 fully saturated rings. The molecule has 0 unspecified atom stereocenters. The maximum Gasteiger partial charge on any atom is 0.263 e. The number of rotatable bonds is 6. The molecule has 1 aromatic carbocycles. The van der Waals surface area contributed by atoms with Gasteiger partial charge in [0.15, 0.2) is 0 Å². The van der Waals surface area contributed by atoms with Crippen LogP contribution in [0.15, 0.2) is 36.5 Å². The highest BCUT2D eigenvalue weighted by molar-refractivity contribution is 5.23.